The summed E-state index contributed by atoms with van der Waals surface area (Å²) in [6, 6.07) is 3.51. The summed E-state index contributed by atoms with van der Waals surface area (Å²) < 4.78 is 0. The summed E-state index contributed by atoms with van der Waals surface area (Å²) >= 11 is 1.52. The Bertz CT molecular complexity index is 582. The summed E-state index contributed by atoms with van der Waals surface area (Å²) in [5.41, 5.74) is 0. The molecule has 2 aromatic rings. The van der Waals surface area contributed by atoms with E-state index in [1.807, 2.05) is 17.5 Å². The Morgan fingerprint density at radius 3 is 2.90 bits per heavy atom. The molecule has 0 fully saturated rings. The Labute approximate surface area is 126 Å². The van der Waals surface area contributed by atoms with Crippen molar-refractivity contribution in [2.45, 2.75) is 25.9 Å². The molecule has 112 valence electrons. The molecule has 0 spiro atoms. The number of nitrogens with zero attached hydrogens (tertiary/aromatic N) is 3. The number of hydrogen-bond donors (Lipinski definition) is 2. The molecule has 0 aromatic carbocycles. The standard InChI is InChI=1S/C13H17N5O2S/c1-9(19)16-10(11-4-3-5-21-11)6-13(20)18(2)7-12-14-8-15-17-12/h3-5,8,10H,6-7H2,1-2H3,(H,16,19)(H,14,15,17). The number of carbonyl (C=O) groups excluding carboxylic acids is 2. The number of H-pyrrole nitrogens is 1. The smallest absolute Gasteiger partial charge is 0.225 e. The number of aromatic amines is 1. The van der Waals surface area contributed by atoms with Crippen LogP contribution in [0.5, 0.6) is 0 Å². The molecule has 2 rings (SSSR count). The largest absolute Gasteiger partial charge is 0.348 e. The van der Waals surface area contributed by atoms with Crippen molar-refractivity contribution < 1.29 is 9.59 Å². The van der Waals surface area contributed by atoms with Gasteiger partial charge in [-0.1, -0.05) is 6.07 Å². The Morgan fingerprint density at radius 1 is 1.52 bits per heavy atom. The van der Waals surface area contributed by atoms with Crippen molar-refractivity contribution in [1.82, 2.24) is 25.4 Å². The first kappa shape index (κ1) is 15.2. The number of nitrogens with one attached hydrogen (secondary N) is 2. The highest BCUT2D eigenvalue weighted by Gasteiger charge is 2.20. The van der Waals surface area contributed by atoms with Gasteiger partial charge in [0.15, 0.2) is 0 Å². The van der Waals surface area contributed by atoms with Crippen molar-refractivity contribution in [1.29, 1.82) is 0 Å². The Balaban J connectivity index is 1.98. The first-order valence-corrected chi connectivity index (χ1v) is 7.33. The van der Waals surface area contributed by atoms with Crippen LogP contribution >= 0.6 is 11.3 Å². The van der Waals surface area contributed by atoms with Crippen LogP contribution in [0.15, 0.2) is 23.8 Å². The lowest BCUT2D eigenvalue weighted by Crippen LogP contribution is -2.33. The van der Waals surface area contributed by atoms with E-state index in [9.17, 15) is 9.59 Å². The van der Waals surface area contributed by atoms with Crippen molar-refractivity contribution in [3.05, 3.63) is 34.5 Å². The number of rotatable bonds is 6. The van der Waals surface area contributed by atoms with Crippen LogP contribution in [0.4, 0.5) is 0 Å². The van der Waals surface area contributed by atoms with Gasteiger partial charge in [-0.25, -0.2) is 4.98 Å². The summed E-state index contributed by atoms with van der Waals surface area (Å²) in [5.74, 6) is 0.399. The van der Waals surface area contributed by atoms with Crippen LogP contribution in [0, 0.1) is 0 Å². The summed E-state index contributed by atoms with van der Waals surface area (Å²) in [6.45, 7) is 1.80. The number of amides is 2. The van der Waals surface area contributed by atoms with Crippen LogP contribution in [0.3, 0.4) is 0 Å². The molecule has 2 heterocycles. The van der Waals surface area contributed by atoms with Crippen molar-refractivity contribution in [2.24, 2.45) is 0 Å². The van der Waals surface area contributed by atoms with Crippen LogP contribution < -0.4 is 5.32 Å². The van der Waals surface area contributed by atoms with Crippen molar-refractivity contribution in [2.75, 3.05) is 7.05 Å². The van der Waals surface area contributed by atoms with Gasteiger partial charge in [0.2, 0.25) is 11.8 Å². The van der Waals surface area contributed by atoms with Crippen LogP contribution in [0.2, 0.25) is 0 Å². The third-order valence-corrected chi connectivity index (χ3v) is 3.91. The summed E-state index contributed by atoms with van der Waals surface area (Å²) in [7, 11) is 1.70. The van der Waals surface area contributed by atoms with Gasteiger partial charge in [0.25, 0.3) is 0 Å². The third kappa shape index (κ3) is 4.38. The molecule has 8 heteroatoms. The van der Waals surface area contributed by atoms with Crippen LogP contribution in [-0.2, 0) is 16.1 Å². The molecule has 1 unspecified atom stereocenters. The van der Waals surface area contributed by atoms with E-state index >= 15 is 0 Å². The van der Waals surface area contributed by atoms with E-state index in [1.54, 1.807) is 11.9 Å². The minimum atomic E-state index is -0.299. The second-order valence-electron chi connectivity index (χ2n) is 4.65. The van der Waals surface area contributed by atoms with Gasteiger partial charge in [-0.2, -0.15) is 5.10 Å². The van der Waals surface area contributed by atoms with Crippen molar-refractivity contribution in [3.63, 3.8) is 0 Å². The van der Waals surface area contributed by atoms with E-state index in [2.05, 4.69) is 20.5 Å². The van der Waals surface area contributed by atoms with E-state index in [0.717, 1.165) is 4.88 Å². The van der Waals surface area contributed by atoms with Crippen LogP contribution in [-0.4, -0.2) is 38.9 Å². The highest BCUT2D eigenvalue weighted by molar-refractivity contribution is 7.10. The molecule has 0 aliphatic rings. The van der Waals surface area contributed by atoms with Gasteiger partial charge in [-0.15, -0.1) is 11.3 Å². The summed E-state index contributed by atoms with van der Waals surface area (Å²) in [5, 5.41) is 11.2. The minimum absolute atomic E-state index is 0.0708. The number of aromatic nitrogens is 3. The van der Waals surface area contributed by atoms with E-state index in [-0.39, 0.29) is 24.3 Å². The Morgan fingerprint density at radius 2 is 2.33 bits per heavy atom. The molecule has 0 bridgehead atoms. The summed E-state index contributed by atoms with van der Waals surface area (Å²) in [6.07, 6.45) is 1.62. The fourth-order valence-electron chi connectivity index (χ4n) is 1.91. The van der Waals surface area contributed by atoms with E-state index in [4.69, 9.17) is 0 Å². The predicted molar refractivity (Wildman–Crippen MR) is 78.4 cm³/mol. The third-order valence-electron chi connectivity index (χ3n) is 2.92. The molecule has 0 aliphatic carbocycles. The average Bonchev–Trinajstić information content (AvgIpc) is 3.10. The summed E-state index contributed by atoms with van der Waals surface area (Å²) in [4.78, 5) is 30.1. The van der Waals surface area contributed by atoms with Crippen molar-refractivity contribution >= 4 is 23.2 Å². The highest BCUT2D eigenvalue weighted by atomic mass is 32.1. The topological polar surface area (TPSA) is 91.0 Å². The molecule has 0 radical (unpaired) electrons. The van der Waals surface area contributed by atoms with E-state index in [0.29, 0.717) is 12.4 Å². The van der Waals surface area contributed by atoms with Gasteiger partial charge in [0, 0.05) is 18.8 Å². The zero-order valence-corrected chi connectivity index (χ0v) is 12.7. The fraction of sp³-hybridized carbons (Fsp3) is 0.385. The lowest BCUT2D eigenvalue weighted by Gasteiger charge is -2.20. The van der Waals surface area contributed by atoms with E-state index < -0.39 is 0 Å². The predicted octanol–water partition coefficient (Wildman–Crippen LogP) is 1.09. The van der Waals surface area contributed by atoms with Crippen molar-refractivity contribution in [3.8, 4) is 0 Å². The van der Waals surface area contributed by atoms with Gasteiger partial charge in [-0.05, 0) is 11.4 Å². The molecule has 7 nitrogen and oxygen atoms in total. The SMILES string of the molecule is CC(=O)NC(CC(=O)N(C)Cc1ncn[nH]1)c1cccs1. The molecule has 21 heavy (non-hydrogen) atoms. The quantitative estimate of drug-likeness (QED) is 0.836. The van der Waals surface area contributed by atoms with Crippen LogP contribution in [0.25, 0.3) is 0 Å². The second-order valence-corrected chi connectivity index (χ2v) is 5.63. The molecule has 0 saturated carbocycles. The monoisotopic (exact) mass is 307 g/mol. The van der Waals surface area contributed by atoms with Gasteiger partial charge < -0.3 is 10.2 Å². The second kappa shape index (κ2) is 6.98. The molecular formula is C13H17N5O2S. The average molecular weight is 307 g/mol. The first-order chi connectivity index (χ1) is 10.1. The van der Waals surface area contributed by atoms with Gasteiger partial charge in [-0.3, -0.25) is 14.7 Å². The van der Waals surface area contributed by atoms with Gasteiger partial charge in [0.1, 0.15) is 12.2 Å². The molecule has 1 atom stereocenters. The molecule has 2 amide bonds. The maximum absolute atomic E-state index is 12.3. The molecule has 0 saturated heterocycles. The number of thiophene rings is 1. The molecule has 2 aromatic heterocycles. The maximum atomic E-state index is 12.3. The fourth-order valence-corrected chi connectivity index (χ4v) is 2.69. The first-order valence-electron chi connectivity index (χ1n) is 6.45. The molecular weight excluding hydrogens is 290 g/mol. The Kier molecular flexibility index (Phi) is 5.04. The van der Waals surface area contributed by atoms with Gasteiger partial charge >= 0.3 is 0 Å². The minimum Gasteiger partial charge on any atom is -0.348 e. The number of hydrogen-bond acceptors (Lipinski definition) is 5. The number of carbonyl (C=O) groups is 2. The Hall–Kier alpha value is -2.22. The lowest BCUT2D eigenvalue weighted by atomic mass is 10.1. The maximum Gasteiger partial charge on any atom is 0.225 e. The molecule has 0 aliphatic heterocycles. The van der Waals surface area contributed by atoms with E-state index in [1.165, 1.54) is 24.6 Å². The highest BCUT2D eigenvalue weighted by Crippen LogP contribution is 2.22. The van der Waals surface area contributed by atoms with Gasteiger partial charge in [0.05, 0.1) is 19.0 Å². The zero-order valence-electron chi connectivity index (χ0n) is 11.9. The molecule has 2 N–H and O–H groups in total. The van der Waals surface area contributed by atoms with Crippen LogP contribution in [0.1, 0.15) is 30.1 Å². The lowest BCUT2D eigenvalue weighted by molar-refractivity contribution is -0.131. The normalized spacial score (nSPS) is 11.9. The zero-order chi connectivity index (χ0) is 15.2.